The van der Waals surface area contributed by atoms with Crippen molar-refractivity contribution in [2.75, 3.05) is 0 Å². The Hall–Kier alpha value is -1.06. The van der Waals surface area contributed by atoms with Gasteiger partial charge in [-0.3, -0.25) is 9.59 Å². The quantitative estimate of drug-likeness (QED) is 0.693. The van der Waals surface area contributed by atoms with Gasteiger partial charge in [-0.25, -0.2) is 0 Å². The zero-order valence-corrected chi connectivity index (χ0v) is 10.5. The predicted molar refractivity (Wildman–Crippen MR) is 61.2 cm³/mol. The van der Waals surface area contributed by atoms with Crippen LogP contribution in [0.4, 0.5) is 0 Å². The van der Waals surface area contributed by atoms with Crippen molar-refractivity contribution in [2.24, 2.45) is 11.8 Å². The van der Waals surface area contributed by atoms with E-state index in [1.54, 1.807) is 0 Å². The van der Waals surface area contributed by atoms with Gasteiger partial charge in [0, 0.05) is 13.8 Å². The first-order valence-corrected chi connectivity index (χ1v) is 6.40. The third kappa shape index (κ3) is 2.99. The Balaban J connectivity index is 1.91. The van der Waals surface area contributed by atoms with Gasteiger partial charge in [-0.05, 0) is 43.9 Å². The van der Waals surface area contributed by atoms with Gasteiger partial charge in [0.25, 0.3) is 0 Å². The SMILES string of the molecule is CC(=O)O[C@H]1CC[C@@H]2C[C@H]1CC[C@H]2OC(C)=O. The van der Waals surface area contributed by atoms with Crippen LogP contribution in [0.1, 0.15) is 46.0 Å². The van der Waals surface area contributed by atoms with E-state index in [0.717, 1.165) is 32.1 Å². The summed E-state index contributed by atoms with van der Waals surface area (Å²) in [6, 6.07) is 0. The van der Waals surface area contributed by atoms with Gasteiger partial charge in [-0.15, -0.1) is 0 Å². The highest BCUT2D eigenvalue weighted by atomic mass is 16.5. The maximum Gasteiger partial charge on any atom is 0.302 e. The number of carbonyl (C=O) groups is 2. The second-order valence-electron chi connectivity index (χ2n) is 5.21. The molecule has 0 saturated heterocycles. The molecule has 4 atom stereocenters. The average molecular weight is 240 g/mol. The van der Waals surface area contributed by atoms with Gasteiger partial charge in [0.05, 0.1) is 0 Å². The summed E-state index contributed by atoms with van der Waals surface area (Å²) in [7, 11) is 0. The van der Waals surface area contributed by atoms with E-state index >= 15 is 0 Å². The van der Waals surface area contributed by atoms with E-state index in [9.17, 15) is 9.59 Å². The second-order valence-corrected chi connectivity index (χ2v) is 5.21. The first-order valence-electron chi connectivity index (χ1n) is 6.40. The molecule has 0 N–H and O–H groups in total. The number of carbonyl (C=O) groups excluding carboxylic acids is 2. The summed E-state index contributed by atoms with van der Waals surface area (Å²) in [6.45, 7) is 2.94. The van der Waals surface area contributed by atoms with Gasteiger partial charge in [-0.1, -0.05) is 0 Å². The van der Waals surface area contributed by atoms with Gasteiger partial charge >= 0.3 is 11.9 Å². The number of hydrogen-bond acceptors (Lipinski definition) is 4. The summed E-state index contributed by atoms with van der Waals surface area (Å²) in [5.74, 6) is 0.556. The van der Waals surface area contributed by atoms with E-state index in [4.69, 9.17) is 9.47 Å². The van der Waals surface area contributed by atoms with Crippen molar-refractivity contribution in [2.45, 2.75) is 58.2 Å². The second kappa shape index (κ2) is 5.07. The Morgan fingerprint density at radius 2 is 1.24 bits per heavy atom. The fourth-order valence-corrected chi connectivity index (χ4v) is 3.26. The molecule has 0 radical (unpaired) electrons. The van der Waals surface area contributed by atoms with Gasteiger partial charge < -0.3 is 9.47 Å². The topological polar surface area (TPSA) is 52.6 Å². The van der Waals surface area contributed by atoms with Crippen LogP contribution in [0.25, 0.3) is 0 Å². The van der Waals surface area contributed by atoms with Crippen LogP contribution in [0.15, 0.2) is 0 Å². The Bertz CT molecular complexity index is 283. The molecule has 2 saturated carbocycles. The standard InChI is InChI=1S/C13H20O4/c1-8(14)16-12-5-3-11-7-10(12)4-6-13(11)17-9(2)15/h10-13H,3-7H2,1-2H3/t10-,11-,12-,13+/m1/s1. The molecule has 0 aromatic rings. The van der Waals surface area contributed by atoms with Crippen LogP contribution in [0, 0.1) is 11.8 Å². The summed E-state index contributed by atoms with van der Waals surface area (Å²) in [6.07, 6.45) is 5.00. The van der Waals surface area contributed by atoms with Crippen molar-refractivity contribution < 1.29 is 19.1 Å². The maximum absolute atomic E-state index is 11.0. The van der Waals surface area contributed by atoms with E-state index in [1.165, 1.54) is 13.8 Å². The fourth-order valence-electron chi connectivity index (χ4n) is 3.26. The lowest BCUT2D eigenvalue weighted by Gasteiger charge is -2.43. The van der Waals surface area contributed by atoms with Gasteiger partial charge in [0.15, 0.2) is 0 Å². The molecule has 4 nitrogen and oxygen atoms in total. The number of fused-ring (bicyclic) bond motifs is 2. The van der Waals surface area contributed by atoms with E-state index in [2.05, 4.69) is 0 Å². The van der Waals surface area contributed by atoms with Crippen molar-refractivity contribution in [3.05, 3.63) is 0 Å². The molecule has 0 aliphatic heterocycles. The summed E-state index contributed by atoms with van der Waals surface area (Å²) in [4.78, 5) is 22.0. The van der Waals surface area contributed by atoms with Crippen LogP contribution in [0.5, 0.6) is 0 Å². The molecule has 0 unspecified atom stereocenters. The van der Waals surface area contributed by atoms with Crippen LogP contribution in [0.3, 0.4) is 0 Å². The zero-order chi connectivity index (χ0) is 12.4. The number of esters is 2. The maximum atomic E-state index is 11.0. The first kappa shape index (κ1) is 12.4. The van der Waals surface area contributed by atoms with Crippen molar-refractivity contribution in [1.29, 1.82) is 0 Å². The molecule has 2 fully saturated rings. The summed E-state index contributed by atoms with van der Waals surface area (Å²) < 4.78 is 10.7. The molecule has 0 heterocycles. The zero-order valence-electron chi connectivity index (χ0n) is 10.5. The minimum absolute atomic E-state index is 0.0852. The molecule has 2 aliphatic rings. The summed E-state index contributed by atoms with van der Waals surface area (Å²) in [5, 5.41) is 0. The molecule has 96 valence electrons. The number of rotatable bonds is 2. The molecular weight excluding hydrogens is 220 g/mol. The van der Waals surface area contributed by atoms with E-state index in [1.807, 2.05) is 0 Å². The van der Waals surface area contributed by atoms with Crippen molar-refractivity contribution in [3.63, 3.8) is 0 Å². The summed E-state index contributed by atoms with van der Waals surface area (Å²) >= 11 is 0. The molecule has 2 aliphatic carbocycles. The lowest BCUT2D eigenvalue weighted by atomic mass is 9.69. The Labute approximate surface area is 102 Å². The highest BCUT2D eigenvalue weighted by molar-refractivity contribution is 5.66. The molecule has 2 rings (SSSR count). The average Bonchev–Trinajstić information content (AvgIpc) is 2.24. The normalized spacial score (nSPS) is 36.1. The monoisotopic (exact) mass is 240 g/mol. The molecule has 0 spiro atoms. The van der Waals surface area contributed by atoms with Crippen LogP contribution < -0.4 is 0 Å². The minimum Gasteiger partial charge on any atom is -0.462 e. The Kier molecular flexibility index (Phi) is 3.69. The lowest BCUT2D eigenvalue weighted by Crippen LogP contribution is -2.42. The van der Waals surface area contributed by atoms with E-state index < -0.39 is 0 Å². The molecule has 0 aromatic heterocycles. The van der Waals surface area contributed by atoms with Crippen molar-refractivity contribution in [1.82, 2.24) is 0 Å². The van der Waals surface area contributed by atoms with Crippen LogP contribution >= 0.6 is 0 Å². The Morgan fingerprint density at radius 3 is 1.59 bits per heavy atom. The van der Waals surface area contributed by atoms with Gasteiger partial charge in [-0.2, -0.15) is 0 Å². The van der Waals surface area contributed by atoms with Crippen LogP contribution in [0.2, 0.25) is 0 Å². The molecule has 2 bridgehead atoms. The van der Waals surface area contributed by atoms with Gasteiger partial charge in [0.2, 0.25) is 0 Å². The summed E-state index contributed by atoms with van der Waals surface area (Å²) in [5.41, 5.74) is 0. The van der Waals surface area contributed by atoms with E-state index in [0.29, 0.717) is 11.8 Å². The molecule has 17 heavy (non-hydrogen) atoms. The van der Waals surface area contributed by atoms with Crippen molar-refractivity contribution >= 4 is 11.9 Å². The minimum atomic E-state index is -0.185. The lowest BCUT2D eigenvalue weighted by molar-refractivity contribution is -0.161. The first-order chi connectivity index (χ1) is 8.06. The molecular formula is C13H20O4. The largest absolute Gasteiger partial charge is 0.462 e. The van der Waals surface area contributed by atoms with Crippen molar-refractivity contribution in [3.8, 4) is 0 Å². The third-order valence-corrected chi connectivity index (χ3v) is 3.94. The van der Waals surface area contributed by atoms with Gasteiger partial charge in [0.1, 0.15) is 12.2 Å². The highest BCUT2D eigenvalue weighted by Gasteiger charge is 2.41. The van der Waals surface area contributed by atoms with E-state index in [-0.39, 0.29) is 24.1 Å². The molecule has 0 aromatic carbocycles. The molecule has 4 heteroatoms. The smallest absolute Gasteiger partial charge is 0.302 e. The predicted octanol–water partition coefficient (Wildman–Crippen LogP) is 2.06. The molecule has 0 amide bonds. The number of hydrogen-bond donors (Lipinski definition) is 0. The Morgan fingerprint density at radius 1 is 0.824 bits per heavy atom. The highest BCUT2D eigenvalue weighted by Crippen LogP contribution is 2.42. The third-order valence-electron chi connectivity index (χ3n) is 3.94. The number of ether oxygens (including phenoxy) is 2. The van der Waals surface area contributed by atoms with Crippen LogP contribution in [-0.4, -0.2) is 24.1 Å². The van der Waals surface area contributed by atoms with Crippen LogP contribution in [-0.2, 0) is 19.1 Å². The fraction of sp³-hybridized carbons (Fsp3) is 0.846.